The molecule has 1 N–H and O–H groups in total. The monoisotopic (exact) mass is 280 g/mol. The summed E-state index contributed by atoms with van der Waals surface area (Å²) in [5.41, 5.74) is -1.11. The van der Waals surface area contributed by atoms with Crippen molar-refractivity contribution in [2.45, 2.75) is 31.6 Å². The lowest BCUT2D eigenvalue weighted by atomic mass is 9.96. The quantitative estimate of drug-likeness (QED) is 0.856. The van der Waals surface area contributed by atoms with Gasteiger partial charge in [-0.05, 0) is 25.7 Å². The van der Waals surface area contributed by atoms with Crippen molar-refractivity contribution in [3.63, 3.8) is 0 Å². The Labute approximate surface area is 115 Å². The number of hydrogen-bond acceptors (Lipinski definition) is 4. The molecule has 1 unspecified atom stereocenters. The number of rotatable bonds is 3. The first-order valence-corrected chi connectivity index (χ1v) is 7.43. The molecular formula is C13H16N2O3S. The molecule has 0 bridgehead atoms. The first-order chi connectivity index (χ1) is 9.13. The number of carboxylic acids is 1. The van der Waals surface area contributed by atoms with Gasteiger partial charge >= 0.3 is 5.97 Å². The number of aliphatic carboxylic acids is 1. The van der Waals surface area contributed by atoms with Gasteiger partial charge in [0.2, 0.25) is 5.91 Å². The molecular weight excluding hydrogens is 264 g/mol. The fraction of sp³-hybridized carbons (Fsp3) is 0.615. The Hall–Kier alpha value is -1.43. The van der Waals surface area contributed by atoms with Crippen LogP contribution < -0.4 is 0 Å². The molecule has 19 heavy (non-hydrogen) atoms. The van der Waals surface area contributed by atoms with Crippen LogP contribution in [-0.2, 0) is 9.59 Å². The molecule has 6 heteroatoms. The summed E-state index contributed by atoms with van der Waals surface area (Å²) in [6.45, 7) is 1.29. The van der Waals surface area contributed by atoms with Crippen molar-refractivity contribution in [2.75, 3.05) is 13.1 Å². The standard InChI is InChI=1S/C13H16N2O3S/c16-11(13(3-4-13)12(17)18)15-6-1-2-9(8-15)10-14-5-7-19-10/h5,7,9H,1-4,6,8H2,(H,17,18). The molecule has 2 heterocycles. The molecule has 2 fully saturated rings. The maximum absolute atomic E-state index is 12.4. The SMILES string of the molecule is O=C(O)C1(C(=O)N2CCCC(c3nccs3)C2)CC1. The molecule has 1 aromatic rings. The Kier molecular flexibility index (Phi) is 3.05. The molecule has 1 saturated heterocycles. The Balaban J connectivity index is 1.72. The van der Waals surface area contributed by atoms with Gasteiger partial charge in [0.05, 0.1) is 5.01 Å². The molecule has 0 radical (unpaired) electrons. The molecule has 0 spiro atoms. The molecule has 102 valence electrons. The van der Waals surface area contributed by atoms with Crippen LogP contribution in [0.1, 0.15) is 36.6 Å². The molecule has 1 aliphatic heterocycles. The number of carbonyl (C=O) groups is 2. The van der Waals surface area contributed by atoms with Gasteiger partial charge in [0.1, 0.15) is 5.41 Å². The lowest BCUT2D eigenvalue weighted by Crippen LogP contribution is -2.45. The molecule has 1 amide bonds. The number of hydrogen-bond donors (Lipinski definition) is 1. The largest absolute Gasteiger partial charge is 0.480 e. The first kappa shape index (κ1) is 12.6. The molecule has 1 aromatic heterocycles. The minimum Gasteiger partial charge on any atom is -0.480 e. The number of aromatic nitrogens is 1. The van der Waals surface area contributed by atoms with Crippen molar-refractivity contribution >= 4 is 23.2 Å². The summed E-state index contributed by atoms with van der Waals surface area (Å²) in [6, 6.07) is 0. The fourth-order valence-corrected chi connectivity index (χ4v) is 3.51. The van der Waals surface area contributed by atoms with Crippen LogP contribution in [0.15, 0.2) is 11.6 Å². The average molecular weight is 280 g/mol. The predicted octanol–water partition coefficient (Wildman–Crippen LogP) is 1.71. The summed E-state index contributed by atoms with van der Waals surface area (Å²) in [6.07, 6.45) is 4.70. The summed E-state index contributed by atoms with van der Waals surface area (Å²) in [5.74, 6) is -0.891. The van der Waals surface area contributed by atoms with Gasteiger partial charge in [-0.25, -0.2) is 4.98 Å². The lowest BCUT2D eigenvalue weighted by molar-refractivity contribution is -0.154. The van der Waals surface area contributed by atoms with Gasteiger partial charge in [-0.3, -0.25) is 9.59 Å². The van der Waals surface area contributed by atoms with Crippen LogP contribution in [0, 0.1) is 5.41 Å². The summed E-state index contributed by atoms with van der Waals surface area (Å²) in [4.78, 5) is 29.6. The van der Waals surface area contributed by atoms with Crippen LogP contribution in [0.4, 0.5) is 0 Å². The lowest BCUT2D eigenvalue weighted by Gasteiger charge is -2.33. The van der Waals surface area contributed by atoms with Crippen molar-refractivity contribution in [3.05, 3.63) is 16.6 Å². The van der Waals surface area contributed by atoms with Crippen LogP contribution in [-0.4, -0.2) is 40.0 Å². The van der Waals surface area contributed by atoms with Crippen LogP contribution in [0.5, 0.6) is 0 Å². The number of likely N-dealkylation sites (tertiary alicyclic amines) is 1. The molecule has 1 aliphatic carbocycles. The second kappa shape index (κ2) is 4.59. The molecule has 1 atom stereocenters. The highest BCUT2D eigenvalue weighted by atomic mass is 32.1. The van der Waals surface area contributed by atoms with Crippen molar-refractivity contribution in [1.82, 2.24) is 9.88 Å². The smallest absolute Gasteiger partial charge is 0.319 e. The molecule has 3 rings (SSSR count). The molecule has 5 nitrogen and oxygen atoms in total. The Morgan fingerprint density at radius 2 is 2.26 bits per heavy atom. The highest BCUT2D eigenvalue weighted by Crippen LogP contribution is 2.48. The number of carbonyl (C=O) groups excluding carboxylic acids is 1. The predicted molar refractivity (Wildman–Crippen MR) is 70.0 cm³/mol. The topological polar surface area (TPSA) is 70.5 Å². The second-order valence-corrected chi connectivity index (χ2v) is 6.27. The van der Waals surface area contributed by atoms with E-state index < -0.39 is 11.4 Å². The Morgan fingerprint density at radius 3 is 2.84 bits per heavy atom. The second-order valence-electron chi connectivity index (χ2n) is 5.35. The third-order valence-corrected chi connectivity index (χ3v) is 5.02. The molecule has 0 aromatic carbocycles. The fourth-order valence-electron chi connectivity index (χ4n) is 2.75. The third kappa shape index (κ3) is 2.14. The van der Waals surface area contributed by atoms with E-state index in [2.05, 4.69) is 4.98 Å². The first-order valence-electron chi connectivity index (χ1n) is 6.56. The highest BCUT2D eigenvalue weighted by Gasteiger charge is 2.58. The van der Waals surface area contributed by atoms with Gasteiger partial charge in [0, 0.05) is 30.6 Å². The van der Waals surface area contributed by atoms with E-state index in [4.69, 9.17) is 0 Å². The molecule has 1 saturated carbocycles. The van der Waals surface area contributed by atoms with Gasteiger partial charge in [0.25, 0.3) is 0 Å². The zero-order chi connectivity index (χ0) is 13.5. The minimum atomic E-state index is -1.11. The summed E-state index contributed by atoms with van der Waals surface area (Å²) >= 11 is 1.61. The van der Waals surface area contributed by atoms with E-state index in [0.717, 1.165) is 17.8 Å². The zero-order valence-corrected chi connectivity index (χ0v) is 11.4. The Bertz CT molecular complexity index is 496. The van der Waals surface area contributed by atoms with Crippen LogP contribution >= 0.6 is 11.3 Å². The van der Waals surface area contributed by atoms with Gasteiger partial charge in [-0.2, -0.15) is 0 Å². The van der Waals surface area contributed by atoms with Gasteiger partial charge in [-0.15, -0.1) is 11.3 Å². The van der Waals surface area contributed by atoms with Crippen molar-refractivity contribution < 1.29 is 14.7 Å². The minimum absolute atomic E-state index is 0.193. The van der Waals surface area contributed by atoms with Crippen molar-refractivity contribution in [2.24, 2.45) is 5.41 Å². The number of thiazole rings is 1. The number of amides is 1. The van der Waals surface area contributed by atoms with E-state index >= 15 is 0 Å². The zero-order valence-electron chi connectivity index (χ0n) is 10.5. The number of nitrogens with zero attached hydrogens (tertiary/aromatic N) is 2. The maximum atomic E-state index is 12.4. The van der Waals surface area contributed by atoms with Crippen LogP contribution in [0.25, 0.3) is 0 Å². The van der Waals surface area contributed by atoms with E-state index in [9.17, 15) is 14.7 Å². The van der Waals surface area contributed by atoms with E-state index in [1.54, 1.807) is 22.4 Å². The van der Waals surface area contributed by atoms with Gasteiger partial charge in [0.15, 0.2) is 0 Å². The third-order valence-electron chi connectivity index (χ3n) is 4.08. The maximum Gasteiger partial charge on any atom is 0.319 e. The van der Waals surface area contributed by atoms with Gasteiger partial charge < -0.3 is 10.0 Å². The van der Waals surface area contributed by atoms with Gasteiger partial charge in [-0.1, -0.05) is 0 Å². The van der Waals surface area contributed by atoms with E-state index in [1.807, 2.05) is 5.38 Å². The Morgan fingerprint density at radius 1 is 1.47 bits per heavy atom. The van der Waals surface area contributed by atoms with E-state index in [-0.39, 0.29) is 11.8 Å². The normalized spacial score (nSPS) is 25.1. The van der Waals surface area contributed by atoms with Crippen LogP contribution in [0.3, 0.4) is 0 Å². The number of carboxylic acid groups (broad SMARTS) is 1. The summed E-state index contributed by atoms with van der Waals surface area (Å²) < 4.78 is 0. The van der Waals surface area contributed by atoms with Crippen molar-refractivity contribution in [3.8, 4) is 0 Å². The highest BCUT2D eigenvalue weighted by molar-refractivity contribution is 7.09. The van der Waals surface area contributed by atoms with E-state index in [0.29, 0.717) is 25.9 Å². The number of piperidine rings is 1. The van der Waals surface area contributed by atoms with Crippen molar-refractivity contribution in [1.29, 1.82) is 0 Å². The summed E-state index contributed by atoms with van der Waals surface area (Å²) in [7, 11) is 0. The molecule has 2 aliphatic rings. The van der Waals surface area contributed by atoms with Crippen LogP contribution in [0.2, 0.25) is 0 Å². The van der Waals surface area contributed by atoms with E-state index in [1.165, 1.54) is 0 Å². The summed E-state index contributed by atoms with van der Waals surface area (Å²) in [5, 5.41) is 12.2. The average Bonchev–Trinajstić information content (AvgIpc) is 3.06.